The van der Waals surface area contributed by atoms with Crippen molar-refractivity contribution in [3.8, 4) is 5.75 Å². The maximum Gasteiger partial charge on any atom is 0.132 e. The van der Waals surface area contributed by atoms with Gasteiger partial charge in [-0.15, -0.1) is 0 Å². The molecule has 2 nitrogen and oxygen atoms in total. The minimum atomic E-state index is -0.717. The molecule has 1 rings (SSSR count). The van der Waals surface area contributed by atoms with Gasteiger partial charge in [0, 0.05) is 11.6 Å². The molecule has 0 saturated carbocycles. The maximum atomic E-state index is 13.4. The second-order valence-corrected chi connectivity index (χ2v) is 3.19. The average Bonchev–Trinajstić information content (AvgIpc) is 2.17. The lowest BCUT2D eigenvalue weighted by Crippen LogP contribution is -2.00. The van der Waals surface area contributed by atoms with E-state index < -0.39 is 11.9 Å². The lowest BCUT2D eigenvalue weighted by atomic mass is 10.0. The highest BCUT2D eigenvalue weighted by Gasteiger charge is 2.12. The summed E-state index contributed by atoms with van der Waals surface area (Å²) in [5.74, 6) is 0.0558. The van der Waals surface area contributed by atoms with E-state index in [-0.39, 0.29) is 0 Å². The van der Waals surface area contributed by atoms with Gasteiger partial charge < -0.3 is 9.84 Å². The molecule has 3 heteroatoms. The summed E-state index contributed by atoms with van der Waals surface area (Å²) >= 11 is 0. The highest BCUT2D eigenvalue weighted by Crippen LogP contribution is 2.24. The summed E-state index contributed by atoms with van der Waals surface area (Å²) in [7, 11) is 1.48. The molecule has 0 unspecified atom stereocenters. The fraction of sp³-hybridized carbons (Fsp3) is 0.455. The van der Waals surface area contributed by atoms with Crippen molar-refractivity contribution < 1.29 is 14.2 Å². The summed E-state index contributed by atoms with van der Waals surface area (Å²) in [5.41, 5.74) is 0.340. The van der Waals surface area contributed by atoms with Crippen molar-refractivity contribution in [1.29, 1.82) is 0 Å². The van der Waals surface area contributed by atoms with E-state index in [1.165, 1.54) is 13.2 Å². The lowest BCUT2D eigenvalue weighted by Gasteiger charge is -2.11. The van der Waals surface area contributed by atoms with Crippen LogP contribution in [0.25, 0.3) is 0 Å². The van der Waals surface area contributed by atoms with Crippen LogP contribution in [0, 0.1) is 5.82 Å². The molecule has 0 amide bonds. The minimum absolute atomic E-state index is 0.340. The normalized spacial score (nSPS) is 12.6. The van der Waals surface area contributed by atoms with Crippen LogP contribution in [0.5, 0.6) is 5.75 Å². The van der Waals surface area contributed by atoms with Gasteiger partial charge in [-0.2, -0.15) is 0 Å². The van der Waals surface area contributed by atoms with Crippen molar-refractivity contribution in [3.63, 3.8) is 0 Å². The van der Waals surface area contributed by atoms with E-state index in [0.717, 1.165) is 6.42 Å². The molecule has 78 valence electrons. The summed E-state index contributed by atoms with van der Waals surface area (Å²) in [6, 6.07) is 4.50. The van der Waals surface area contributed by atoms with Crippen molar-refractivity contribution in [2.75, 3.05) is 7.11 Å². The Morgan fingerprint density at radius 1 is 1.50 bits per heavy atom. The van der Waals surface area contributed by atoms with Crippen molar-refractivity contribution in [2.24, 2.45) is 0 Å². The molecule has 0 aliphatic carbocycles. The number of benzene rings is 1. The second kappa shape index (κ2) is 4.96. The Kier molecular flexibility index (Phi) is 3.89. The molecule has 0 aromatic heterocycles. The topological polar surface area (TPSA) is 29.5 Å². The molecule has 0 fully saturated rings. The SMILES string of the molecule is CCC[C@H](O)c1ccc(OC)cc1F. The first-order valence-corrected chi connectivity index (χ1v) is 4.70. The predicted octanol–water partition coefficient (Wildman–Crippen LogP) is 2.67. The fourth-order valence-corrected chi connectivity index (χ4v) is 1.33. The highest BCUT2D eigenvalue weighted by molar-refractivity contribution is 5.30. The van der Waals surface area contributed by atoms with Gasteiger partial charge in [0.05, 0.1) is 13.2 Å². The smallest absolute Gasteiger partial charge is 0.132 e. The van der Waals surface area contributed by atoms with E-state index in [1.54, 1.807) is 12.1 Å². The van der Waals surface area contributed by atoms with E-state index >= 15 is 0 Å². The maximum absolute atomic E-state index is 13.4. The zero-order valence-corrected chi connectivity index (χ0v) is 8.46. The predicted molar refractivity (Wildman–Crippen MR) is 52.8 cm³/mol. The third-order valence-corrected chi connectivity index (χ3v) is 2.13. The monoisotopic (exact) mass is 198 g/mol. The van der Waals surface area contributed by atoms with E-state index in [2.05, 4.69) is 0 Å². The molecule has 14 heavy (non-hydrogen) atoms. The van der Waals surface area contributed by atoms with Crippen LogP contribution in [0.1, 0.15) is 31.4 Å². The number of hydrogen-bond acceptors (Lipinski definition) is 2. The van der Waals surface area contributed by atoms with Gasteiger partial charge in [0.1, 0.15) is 11.6 Å². The van der Waals surface area contributed by atoms with Crippen LogP contribution in [0.15, 0.2) is 18.2 Å². The Bertz CT molecular complexity index is 299. The van der Waals surface area contributed by atoms with Gasteiger partial charge in [-0.3, -0.25) is 0 Å². The molecule has 1 aromatic carbocycles. The molecule has 0 radical (unpaired) electrons. The van der Waals surface area contributed by atoms with Gasteiger partial charge in [-0.05, 0) is 18.6 Å². The molecular formula is C11H15FO2. The van der Waals surface area contributed by atoms with Crippen molar-refractivity contribution in [3.05, 3.63) is 29.6 Å². The molecule has 0 aliphatic heterocycles. The molecular weight excluding hydrogens is 183 g/mol. The van der Waals surface area contributed by atoms with E-state index in [4.69, 9.17) is 4.74 Å². The Labute approximate surface area is 83.3 Å². The number of rotatable bonds is 4. The zero-order valence-electron chi connectivity index (χ0n) is 8.46. The zero-order chi connectivity index (χ0) is 10.6. The molecule has 0 heterocycles. The quantitative estimate of drug-likeness (QED) is 0.806. The van der Waals surface area contributed by atoms with Crippen LogP contribution >= 0.6 is 0 Å². The molecule has 0 spiro atoms. The average molecular weight is 198 g/mol. The first kappa shape index (κ1) is 11.0. The van der Waals surface area contributed by atoms with Crippen LogP contribution in [-0.4, -0.2) is 12.2 Å². The van der Waals surface area contributed by atoms with Gasteiger partial charge in [0.25, 0.3) is 0 Å². The Morgan fingerprint density at radius 3 is 2.71 bits per heavy atom. The van der Waals surface area contributed by atoms with E-state index in [0.29, 0.717) is 17.7 Å². The van der Waals surface area contributed by atoms with Gasteiger partial charge in [-0.25, -0.2) is 4.39 Å². The third-order valence-electron chi connectivity index (χ3n) is 2.13. The molecule has 1 N–H and O–H groups in total. The third kappa shape index (κ3) is 2.45. The molecule has 1 atom stereocenters. The number of hydrogen-bond donors (Lipinski definition) is 1. The van der Waals surface area contributed by atoms with Crippen molar-refractivity contribution >= 4 is 0 Å². The Morgan fingerprint density at radius 2 is 2.21 bits per heavy atom. The summed E-state index contributed by atoms with van der Waals surface area (Å²) < 4.78 is 18.2. The van der Waals surface area contributed by atoms with Gasteiger partial charge in [0.2, 0.25) is 0 Å². The van der Waals surface area contributed by atoms with Crippen molar-refractivity contribution in [1.82, 2.24) is 0 Å². The number of aliphatic hydroxyl groups is 1. The van der Waals surface area contributed by atoms with Crippen molar-refractivity contribution in [2.45, 2.75) is 25.9 Å². The lowest BCUT2D eigenvalue weighted by molar-refractivity contribution is 0.161. The summed E-state index contributed by atoms with van der Waals surface area (Å²) in [6.07, 6.45) is 0.682. The Balaban J connectivity index is 2.88. The van der Waals surface area contributed by atoms with Gasteiger partial charge >= 0.3 is 0 Å². The molecule has 0 aliphatic rings. The number of methoxy groups -OCH3 is 1. The second-order valence-electron chi connectivity index (χ2n) is 3.19. The van der Waals surface area contributed by atoms with E-state index in [9.17, 15) is 9.50 Å². The first-order valence-electron chi connectivity index (χ1n) is 4.70. The van der Waals surface area contributed by atoms with Crippen LogP contribution in [-0.2, 0) is 0 Å². The van der Waals surface area contributed by atoms with E-state index in [1.807, 2.05) is 6.92 Å². The number of ether oxygens (including phenoxy) is 1. The van der Waals surface area contributed by atoms with Gasteiger partial charge in [0.15, 0.2) is 0 Å². The van der Waals surface area contributed by atoms with Crippen LogP contribution in [0.4, 0.5) is 4.39 Å². The van der Waals surface area contributed by atoms with Gasteiger partial charge in [-0.1, -0.05) is 13.3 Å². The molecule has 0 saturated heterocycles. The highest BCUT2D eigenvalue weighted by atomic mass is 19.1. The van der Waals surface area contributed by atoms with Crippen LogP contribution < -0.4 is 4.74 Å². The Hall–Kier alpha value is -1.09. The first-order chi connectivity index (χ1) is 6.69. The summed E-state index contributed by atoms with van der Waals surface area (Å²) in [6.45, 7) is 1.95. The standard InChI is InChI=1S/C11H15FO2/c1-3-4-11(13)9-6-5-8(14-2)7-10(9)12/h5-7,11,13H,3-4H2,1-2H3/t11-/m0/s1. The van der Waals surface area contributed by atoms with Crippen LogP contribution in [0.3, 0.4) is 0 Å². The number of aliphatic hydroxyl groups excluding tert-OH is 1. The molecule has 1 aromatic rings. The fourth-order valence-electron chi connectivity index (χ4n) is 1.33. The molecule has 0 bridgehead atoms. The summed E-state index contributed by atoms with van der Waals surface area (Å²) in [4.78, 5) is 0. The summed E-state index contributed by atoms with van der Waals surface area (Å²) in [5, 5.41) is 9.58. The minimum Gasteiger partial charge on any atom is -0.497 e. The number of halogens is 1. The largest absolute Gasteiger partial charge is 0.497 e. The van der Waals surface area contributed by atoms with Crippen LogP contribution in [0.2, 0.25) is 0 Å².